The summed E-state index contributed by atoms with van der Waals surface area (Å²) in [6.45, 7) is 4.43. The van der Waals surface area contributed by atoms with E-state index in [4.69, 9.17) is 9.15 Å². The lowest BCUT2D eigenvalue weighted by Gasteiger charge is -2.38. The summed E-state index contributed by atoms with van der Waals surface area (Å²) in [7, 11) is 1.66. The fourth-order valence-corrected chi connectivity index (χ4v) is 5.92. The van der Waals surface area contributed by atoms with Crippen LogP contribution >= 0.6 is 0 Å². The van der Waals surface area contributed by atoms with Crippen LogP contribution < -0.4 is 10.2 Å². The molecule has 4 aromatic rings. The lowest BCUT2D eigenvalue weighted by Crippen LogP contribution is -2.42. The average molecular weight is 509 g/mol. The zero-order valence-corrected chi connectivity index (χ0v) is 21.9. The molecule has 2 aliphatic heterocycles. The maximum Gasteiger partial charge on any atom is 0.290 e. The van der Waals surface area contributed by atoms with Gasteiger partial charge in [0.1, 0.15) is 11.3 Å². The summed E-state index contributed by atoms with van der Waals surface area (Å²) in [5.74, 6) is 0.727. The summed E-state index contributed by atoms with van der Waals surface area (Å²) < 4.78 is 11.5. The van der Waals surface area contributed by atoms with Crippen LogP contribution in [0.1, 0.15) is 64.2 Å². The summed E-state index contributed by atoms with van der Waals surface area (Å²) in [6.07, 6.45) is 3.48. The van der Waals surface area contributed by atoms with Crippen LogP contribution in [0.3, 0.4) is 0 Å². The van der Waals surface area contributed by atoms with Gasteiger partial charge in [0, 0.05) is 6.54 Å². The molecule has 0 radical (unpaired) electrons. The Kier molecular flexibility index (Phi) is 6.50. The number of hydrogen-bond acceptors (Lipinski definition) is 5. The molecule has 2 aliphatic rings. The first-order valence-electron chi connectivity index (χ1n) is 13.4. The molecule has 0 N–H and O–H groups in total. The summed E-state index contributed by atoms with van der Waals surface area (Å²) in [4.78, 5) is 32.2. The molecule has 3 heterocycles. The molecule has 6 nitrogen and oxygen atoms in total. The minimum atomic E-state index is -0.510. The van der Waals surface area contributed by atoms with Gasteiger partial charge in [-0.3, -0.25) is 14.5 Å². The van der Waals surface area contributed by atoms with Crippen LogP contribution in [-0.2, 0) is 0 Å². The predicted molar refractivity (Wildman–Crippen MR) is 148 cm³/mol. The van der Waals surface area contributed by atoms with Gasteiger partial charge in [-0.05, 0) is 68.2 Å². The predicted octanol–water partition coefficient (Wildman–Crippen LogP) is 5.88. The number of amides is 1. The quantitative estimate of drug-likeness (QED) is 0.325. The fraction of sp³-hybridized carbons (Fsp3) is 0.312. The molecule has 38 heavy (non-hydrogen) atoms. The van der Waals surface area contributed by atoms with Crippen LogP contribution in [0.4, 0.5) is 0 Å². The standard InChI is InChI=1S/C32H32N2O4/c1-21-10-12-23(13-11-21)29-28-30(35)25-8-4-5-9-27(25)38-31(28)32(36)34(29)20-26(33-18-6-3-7-19-33)22-14-16-24(37-2)17-15-22/h4-5,8-17,26,29H,3,6-7,18-20H2,1-2H3/t26-,29-/m0/s1. The molecular weight excluding hydrogens is 476 g/mol. The average Bonchev–Trinajstić information content (AvgIpc) is 3.24. The molecular formula is C32H32N2O4. The normalized spacial score (nSPS) is 18.5. The molecule has 0 bridgehead atoms. The lowest BCUT2D eigenvalue weighted by atomic mass is 9.96. The topological polar surface area (TPSA) is 63.0 Å². The molecule has 1 amide bonds. The number of methoxy groups -OCH3 is 1. The van der Waals surface area contributed by atoms with Crippen LogP contribution in [-0.4, -0.2) is 42.5 Å². The van der Waals surface area contributed by atoms with E-state index in [1.54, 1.807) is 19.2 Å². The van der Waals surface area contributed by atoms with Crippen molar-refractivity contribution < 1.29 is 13.9 Å². The van der Waals surface area contributed by atoms with Gasteiger partial charge in [0.25, 0.3) is 5.91 Å². The number of piperidine rings is 1. The van der Waals surface area contributed by atoms with Gasteiger partial charge in [-0.1, -0.05) is 60.5 Å². The number of rotatable bonds is 6. The van der Waals surface area contributed by atoms with Crippen molar-refractivity contribution in [1.29, 1.82) is 0 Å². The third kappa shape index (κ3) is 4.29. The highest BCUT2D eigenvalue weighted by atomic mass is 16.5. The summed E-state index contributed by atoms with van der Waals surface area (Å²) in [5, 5.41) is 0.501. The van der Waals surface area contributed by atoms with E-state index in [9.17, 15) is 9.59 Å². The van der Waals surface area contributed by atoms with Gasteiger partial charge in [0.15, 0.2) is 5.43 Å². The highest BCUT2D eigenvalue weighted by molar-refractivity contribution is 5.99. The Morgan fingerprint density at radius 1 is 0.921 bits per heavy atom. The molecule has 0 unspecified atom stereocenters. The third-order valence-corrected chi connectivity index (χ3v) is 7.97. The molecule has 1 fully saturated rings. The molecule has 0 spiro atoms. The zero-order chi connectivity index (χ0) is 26.2. The van der Waals surface area contributed by atoms with E-state index in [1.807, 2.05) is 60.4 Å². The molecule has 6 rings (SSSR count). The van der Waals surface area contributed by atoms with Crippen LogP contribution in [0, 0.1) is 6.92 Å². The van der Waals surface area contributed by atoms with Gasteiger partial charge in [-0.15, -0.1) is 0 Å². The Labute approximate surface area is 222 Å². The van der Waals surface area contributed by atoms with E-state index in [-0.39, 0.29) is 23.1 Å². The summed E-state index contributed by atoms with van der Waals surface area (Å²) >= 11 is 0. The Bertz CT molecular complexity index is 1520. The van der Waals surface area contributed by atoms with E-state index >= 15 is 0 Å². The molecule has 6 heteroatoms. The number of aryl methyl sites for hydroxylation is 1. The molecule has 194 valence electrons. The largest absolute Gasteiger partial charge is 0.497 e. The van der Waals surface area contributed by atoms with E-state index in [1.165, 1.54) is 6.42 Å². The van der Waals surface area contributed by atoms with E-state index in [0.29, 0.717) is 23.1 Å². The number of benzene rings is 3. The van der Waals surface area contributed by atoms with E-state index in [0.717, 1.165) is 48.4 Å². The minimum absolute atomic E-state index is 0.0167. The number of para-hydroxylation sites is 1. The van der Waals surface area contributed by atoms with Gasteiger partial charge < -0.3 is 14.1 Å². The van der Waals surface area contributed by atoms with E-state index < -0.39 is 6.04 Å². The molecule has 1 saturated heterocycles. The molecule has 0 aliphatic carbocycles. The molecule has 1 aromatic heterocycles. The number of carbonyl (C=O) groups is 1. The Morgan fingerprint density at radius 3 is 2.34 bits per heavy atom. The Hall–Kier alpha value is -3.90. The van der Waals surface area contributed by atoms with Crippen molar-refractivity contribution in [2.45, 2.75) is 38.3 Å². The van der Waals surface area contributed by atoms with Crippen molar-refractivity contribution in [3.8, 4) is 5.75 Å². The maximum absolute atomic E-state index is 14.0. The van der Waals surface area contributed by atoms with Crippen molar-refractivity contribution in [3.63, 3.8) is 0 Å². The number of likely N-dealkylation sites (tertiary alicyclic amines) is 1. The molecule has 3 aromatic carbocycles. The van der Waals surface area contributed by atoms with Gasteiger partial charge in [0.2, 0.25) is 5.76 Å². The monoisotopic (exact) mass is 508 g/mol. The third-order valence-electron chi connectivity index (χ3n) is 7.97. The van der Waals surface area contributed by atoms with Crippen LogP contribution in [0.5, 0.6) is 5.75 Å². The first kappa shape index (κ1) is 24.4. The lowest BCUT2D eigenvalue weighted by molar-refractivity contribution is 0.0618. The number of hydrogen-bond donors (Lipinski definition) is 0. The van der Waals surface area contributed by atoms with Crippen molar-refractivity contribution in [2.75, 3.05) is 26.7 Å². The highest BCUT2D eigenvalue weighted by Crippen LogP contribution is 2.40. The molecule has 0 saturated carbocycles. The smallest absolute Gasteiger partial charge is 0.290 e. The van der Waals surface area contributed by atoms with Gasteiger partial charge >= 0.3 is 0 Å². The first-order valence-corrected chi connectivity index (χ1v) is 13.4. The highest BCUT2D eigenvalue weighted by Gasteiger charge is 2.44. The van der Waals surface area contributed by atoms with E-state index in [2.05, 4.69) is 17.0 Å². The first-order chi connectivity index (χ1) is 18.5. The molecule has 2 atom stereocenters. The Morgan fingerprint density at radius 2 is 1.63 bits per heavy atom. The van der Waals surface area contributed by atoms with Crippen LogP contribution in [0.25, 0.3) is 11.0 Å². The van der Waals surface area contributed by atoms with Crippen molar-refractivity contribution in [3.05, 3.63) is 111 Å². The van der Waals surface area contributed by atoms with Crippen LogP contribution in [0.2, 0.25) is 0 Å². The van der Waals surface area contributed by atoms with Gasteiger partial charge in [0.05, 0.1) is 30.1 Å². The SMILES string of the molecule is COc1ccc([C@H](CN2C(=O)c3oc4ccccc4c(=O)c3[C@@H]2c2ccc(C)cc2)N2CCCCC2)cc1. The van der Waals surface area contributed by atoms with Crippen LogP contribution in [0.15, 0.2) is 82.0 Å². The number of carbonyl (C=O) groups excluding carboxylic acids is 1. The van der Waals surface area contributed by atoms with Crippen molar-refractivity contribution in [1.82, 2.24) is 9.80 Å². The zero-order valence-electron chi connectivity index (χ0n) is 21.9. The summed E-state index contributed by atoms with van der Waals surface area (Å²) in [6, 6.07) is 22.9. The maximum atomic E-state index is 14.0. The van der Waals surface area contributed by atoms with Crippen molar-refractivity contribution in [2.24, 2.45) is 0 Å². The van der Waals surface area contributed by atoms with Crippen molar-refractivity contribution >= 4 is 16.9 Å². The summed E-state index contributed by atoms with van der Waals surface area (Å²) in [5.41, 5.74) is 3.91. The fourth-order valence-electron chi connectivity index (χ4n) is 5.92. The Balaban J connectivity index is 1.48. The second-order valence-electron chi connectivity index (χ2n) is 10.3. The van der Waals surface area contributed by atoms with Gasteiger partial charge in [-0.25, -0.2) is 0 Å². The van der Waals surface area contributed by atoms with Gasteiger partial charge in [-0.2, -0.15) is 0 Å². The second kappa shape index (κ2) is 10.1. The number of nitrogens with zero attached hydrogens (tertiary/aromatic N) is 2. The minimum Gasteiger partial charge on any atom is -0.497 e. The number of fused-ring (bicyclic) bond motifs is 2. The number of ether oxygens (including phenoxy) is 1. The second-order valence-corrected chi connectivity index (χ2v) is 10.3.